The van der Waals surface area contributed by atoms with E-state index >= 15 is 0 Å². The number of hydrogen-bond acceptors (Lipinski definition) is 10. The first-order valence-electron chi connectivity index (χ1n) is 19.5. The molecular weight excluding hydrogens is 669 g/mol. The van der Waals surface area contributed by atoms with Gasteiger partial charge in [-0.15, -0.1) is 18.3 Å². The van der Waals surface area contributed by atoms with Gasteiger partial charge in [0.1, 0.15) is 11.5 Å². The second-order valence-electron chi connectivity index (χ2n) is 14.6. The Morgan fingerprint density at radius 2 is 1.88 bits per heavy atom. The zero-order chi connectivity index (χ0) is 35.6. The first-order chi connectivity index (χ1) is 25.0. The number of amides is 1. The first-order valence-corrected chi connectivity index (χ1v) is 20.4. The molecular formula is C40H58N2O8S. The van der Waals surface area contributed by atoms with E-state index in [1.54, 1.807) is 6.08 Å². The van der Waals surface area contributed by atoms with E-state index in [-0.39, 0.29) is 48.4 Å². The summed E-state index contributed by atoms with van der Waals surface area (Å²) in [7, 11) is 0. The largest absolute Gasteiger partial charge is 0.460 e. The maximum atomic E-state index is 12.6. The highest BCUT2D eigenvalue weighted by molar-refractivity contribution is 8.00. The summed E-state index contributed by atoms with van der Waals surface area (Å²) in [6.07, 6.45) is 16.7. The minimum absolute atomic E-state index is 0.0581. The number of benzene rings is 1. The fourth-order valence-electron chi connectivity index (χ4n) is 8.97. The predicted octanol–water partition coefficient (Wildman–Crippen LogP) is 7.63. The van der Waals surface area contributed by atoms with Crippen LogP contribution in [0.25, 0.3) is 0 Å². The van der Waals surface area contributed by atoms with Crippen molar-refractivity contribution in [2.75, 3.05) is 33.0 Å². The molecule has 2 saturated carbocycles. The van der Waals surface area contributed by atoms with E-state index in [2.05, 4.69) is 18.0 Å². The van der Waals surface area contributed by atoms with E-state index < -0.39 is 11.9 Å². The Bertz CT molecular complexity index is 1380. The van der Waals surface area contributed by atoms with Gasteiger partial charge in [0.2, 0.25) is 12.1 Å². The number of aliphatic hydroxyl groups is 2. The van der Waals surface area contributed by atoms with Crippen molar-refractivity contribution in [1.82, 2.24) is 5.32 Å². The molecule has 1 aromatic carbocycles. The molecule has 51 heavy (non-hydrogen) atoms. The van der Waals surface area contributed by atoms with Gasteiger partial charge in [-0.3, -0.25) is 0 Å². The molecule has 2 heterocycles. The van der Waals surface area contributed by atoms with Crippen LogP contribution in [0, 0.1) is 17.8 Å². The lowest BCUT2D eigenvalue weighted by molar-refractivity contribution is -0.223. The lowest BCUT2D eigenvalue weighted by Gasteiger charge is -2.58. The molecule has 10 nitrogen and oxygen atoms in total. The second kappa shape index (κ2) is 18.5. The maximum absolute atomic E-state index is 12.6. The molecule has 0 aromatic heterocycles. The fourth-order valence-corrected chi connectivity index (χ4v) is 10.7. The maximum Gasteiger partial charge on any atom is 0.412 e. The SMILES string of the molecule is C=CCOC12Oc3ccc(OC(=O)NCC)cc3C3C(CCCCO)C(CCCCO)C=C(C(=NOC4CCCCO4)CC1SC1CCCC1)C32. The number of carbonyl (C=O) groups excluding carboxylic acids is 1. The van der Waals surface area contributed by atoms with Gasteiger partial charge >= 0.3 is 6.09 Å². The van der Waals surface area contributed by atoms with Crippen LogP contribution in [0.2, 0.25) is 0 Å². The third-order valence-electron chi connectivity index (χ3n) is 11.2. The van der Waals surface area contributed by atoms with Crippen molar-refractivity contribution in [3.8, 4) is 11.5 Å². The highest BCUT2D eigenvalue weighted by Crippen LogP contribution is 2.63. The van der Waals surface area contributed by atoms with Crippen LogP contribution in [0.5, 0.6) is 11.5 Å². The fraction of sp³-hybridized carbons (Fsp3) is 0.700. The Labute approximate surface area is 307 Å². The van der Waals surface area contributed by atoms with Crippen molar-refractivity contribution >= 4 is 23.6 Å². The molecule has 2 aliphatic heterocycles. The van der Waals surface area contributed by atoms with E-state index in [9.17, 15) is 15.0 Å². The Morgan fingerprint density at radius 1 is 1.10 bits per heavy atom. The summed E-state index contributed by atoms with van der Waals surface area (Å²) in [6, 6.07) is 5.73. The average Bonchev–Trinajstić information content (AvgIpc) is 3.66. The van der Waals surface area contributed by atoms with Gasteiger partial charge in [-0.25, -0.2) is 4.79 Å². The highest BCUT2D eigenvalue weighted by atomic mass is 32.2. The standard InChI is InChI=1S/C40H58N2O8S/c1-3-22-47-40-35(51-29-14-5-6-15-29)26-33(42-50-36-17-9-12-23-46-36)31-24-27(13-7-10-20-43)30(16-8-11-21-44)37(38(31)40)32-25-28(18-19-34(32)49-40)48-39(45)41-4-2/h3,18-19,24-25,27,29-30,35-38,43-44H,1,4-17,20-23,26H2,2H3,(H,41,45). The number of carbonyl (C=O) groups is 1. The van der Waals surface area contributed by atoms with Crippen LogP contribution in [0.15, 0.2) is 47.7 Å². The zero-order valence-corrected chi connectivity index (χ0v) is 31.1. The number of ether oxygens (including phenoxy) is 4. The van der Waals surface area contributed by atoms with Crippen molar-refractivity contribution in [2.24, 2.45) is 22.9 Å². The van der Waals surface area contributed by atoms with Crippen molar-refractivity contribution in [2.45, 2.75) is 125 Å². The molecule has 7 unspecified atom stereocenters. The Hall–Kier alpha value is -2.57. The minimum atomic E-state index is -1.00. The van der Waals surface area contributed by atoms with Gasteiger partial charge in [0.25, 0.3) is 0 Å². The van der Waals surface area contributed by atoms with Gasteiger partial charge in [0, 0.05) is 49.3 Å². The summed E-state index contributed by atoms with van der Waals surface area (Å²) < 4.78 is 26.0. The molecule has 11 heteroatoms. The number of fused-ring (bicyclic) bond motifs is 2. The average molecular weight is 727 g/mol. The van der Waals surface area contributed by atoms with Crippen LogP contribution in [-0.4, -0.2) is 77.6 Å². The van der Waals surface area contributed by atoms with Crippen LogP contribution in [-0.2, 0) is 14.3 Å². The number of allylic oxidation sites excluding steroid dienone is 1. The number of nitrogens with zero attached hydrogens (tertiary/aromatic N) is 1. The predicted molar refractivity (Wildman–Crippen MR) is 199 cm³/mol. The molecule has 7 atom stereocenters. The van der Waals surface area contributed by atoms with Crippen molar-refractivity contribution in [1.29, 1.82) is 0 Å². The van der Waals surface area contributed by atoms with Crippen LogP contribution in [0.3, 0.4) is 0 Å². The van der Waals surface area contributed by atoms with Gasteiger partial charge in [-0.1, -0.05) is 43.0 Å². The summed E-state index contributed by atoms with van der Waals surface area (Å²) in [5, 5.41) is 27.7. The highest BCUT2D eigenvalue weighted by Gasteiger charge is 2.64. The molecule has 3 N–H and O–H groups in total. The molecule has 282 valence electrons. The van der Waals surface area contributed by atoms with Gasteiger partial charge < -0.3 is 39.3 Å². The molecule has 5 aliphatic rings. The van der Waals surface area contributed by atoms with Gasteiger partial charge in [-0.05, 0) is 93.9 Å². The Kier molecular flexibility index (Phi) is 13.8. The Balaban J connectivity index is 1.51. The zero-order valence-electron chi connectivity index (χ0n) is 30.3. The molecule has 1 saturated heterocycles. The van der Waals surface area contributed by atoms with Crippen LogP contribution >= 0.6 is 11.8 Å². The van der Waals surface area contributed by atoms with Crippen molar-refractivity contribution in [3.63, 3.8) is 0 Å². The van der Waals surface area contributed by atoms with Crippen molar-refractivity contribution < 1.29 is 38.8 Å². The molecule has 0 bridgehead atoms. The number of nitrogens with one attached hydrogen (secondary N) is 1. The topological polar surface area (TPSA) is 128 Å². The first kappa shape index (κ1) is 38.2. The smallest absolute Gasteiger partial charge is 0.412 e. The van der Waals surface area contributed by atoms with Crippen LogP contribution < -0.4 is 14.8 Å². The van der Waals surface area contributed by atoms with Gasteiger partial charge in [0.15, 0.2) is 0 Å². The molecule has 0 radical (unpaired) electrons. The third-order valence-corrected chi connectivity index (χ3v) is 12.9. The molecule has 1 amide bonds. The van der Waals surface area contributed by atoms with Gasteiger partial charge in [-0.2, -0.15) is 0 Å². The molecule has 6 rings (SSSR count). The summed E-state index contributed by atoms with van der Waals surface area (Å²) in [5.41, 5.74) is 3.01. The lowest BCUT2D eigenvalue weighted by Crippen LogP contribution is -2.64. The summed E-state index contributed by atoms with van der Waals surface area (Å²) >= 11 is 1.98. The summed E-state index contributed by atoms with van der Waals surface area (Å²) in [5.74, 6) is 0.283. The number of thioether (sulfide) groups is 1. The van der Waals surface area contributed by atoms with E-state index in [1.165, 1.54) is 25.7 Å². The quantitative estimate of drug-likeness (QED) is 0.0844. The van der Waals surface area contributed by atoms with E-state index in [4.69, 9.17) is 28.9 Å². The van der Waals surface area contributed by atoms with E-state index in [0.717, 1.165) is 80.4 Å². The summed E-state index contributed by atoms with van der Waals surface area (Å²) in [4.78, 5) is 18.8. The van der Waals surface area contributed by atoms with E-state index in [0.29, 0.717) is 37.2 Å². The van der Waals surface area contributed by atoms with E-state index in [1.807, 2.05) is 36.9 Å². The molecule has 0 spiro atoms. The second-order valence-corrected chi connectivity index (χ2v) is 16.1. The lowest BCUT2D eigenvalue weighted by atomic mass is 9.56. The Morgan fingerprint density at radius 3 is 2.61 bits per heavy atom. The summed E-state index contributed by atoms with van der Waals surface area (Å²) in [6.45, 7) is 7.67. The van der Waals surface area contributed by atoms with Crippen LogP contribution in [0.1, 0.15) is 108 Å². The van der Waals surface area contributed by atoms with Crippen molar-refractivity contribution in [3.05, 3.63) is 48.1 Å². The minimum Gasteiger partial charge on any atom is -0.460 e. The normalized spacial score (nSPS) is 30.9. The molecule has 3 aliphatic carbocycles. The monoisotopic (exact) mass is 726 g/mol. The number of hydrogen-bond donors (Lipinski definition) is 3. The number of aliphatic hydroxyl groups excluding tert-OH is 2. The molecule has 1 aromatic rings. The van der Waals surface area contributed by atoms with Gasteiger partial charge in [0.05, 0.1) is 30.1 Å². The number of unbranched alkanes of at least 4 members (excludes halogenated alkanes) is 2. The van der Waals surface area contributed by atoms with Crippen LogP contribution in [0.4, 0.5) is 4.79 Å². The third kappa shape index (κ3) is 8.81. The number of rotatable bonds is 17. The molecule has 3 fully saturated rings. The number of oxime groups is 1.